The van der Waals surface area contributed by atoms with Gasteiger partial charge in [-0.3, -0.25) is 19.4 Å². The number of carbonyl (C=O) groups excluding carboxylic acids is 3. The number of methoxy groups -OCH3 is 1. The number of hydrogen-bond donors (Lipinski definition) is 4. The van der Waals surface area contributed by atoms with Gasteiger partial charge in [0.05, 0.1) is 12.1 Å². The van der Waals surface area contributed by atoms with Crippen molar-refractivity contribution in [2.75, 3.05) is 13.7 Å². The second kappa shape index (κ2) is 13.2. The zero-order valence-electron chi connectivity index (χ0n) is 22.5. The zero-order valence-corrected chi connectivity index (χ0v) is 22.5. The predicted molar refractivity (Wildman–Crippen MR) is 147 cm³/mol. The van der Waals surface area contributed by atoms with E-state index in [9.17, 15) is 24.6 Å². The molecule has 10 nitrogen and oxygen atoms in total. The van der Waals surface area contributed by atoms with Crippen molar-refractivity contribution in [3.05, 3.63) is 95.3 Å². The SMILES string of the molecule is COC1CC(C(=O)NCc2cccnc2)N(C(=O)C(O)C(Cc2ccccc2)NC(=O)c2cccc(O)c2C)C1. The first-order valence-corrected chi connectivity index (χ1v) is 13.1. The van der Waals surface area contributed by atoms with Gasteiger partial charge in [-0.05, 0) is 42.7 Å². The average Bonchev–Trinajstić information content (AvgIpc) is 3.42. The highest BCUT2D eigenvalue weighted by Gasteiger charge is 2.43. The van der Waals surface area contributed by atoms with Crippen LogP contribution in [0.2, 0.25) is 0 Å². The number of phenolic OH excluding ortho intramolecular Hbond substituents is 1. The van der Waals surface area contributed by atoms with Gasteiger partial charge in [0.25, 0.3) is 11.8 Å². The van der Waals surface area contributed by atoms with Crippen molar-refractivity contribution in [3.63, 3.8) is 0 Å². The van der Waals surface area contributed by atoms with E-state index in [1.165, 1.54) is 18.1 Å². The lowest BCUT2D eigenvalue weighted by molar-refractivity contribution is -0.146. The van der Waals surface area contributed by atoms with E-state index in [-0.39, 0.29) is 49.3 Å². The monoisotopic (exact) mass is 546 g/mol. The van der Waals surface area contributed by atoms with Crippen molar-refractivity contribution in [3.8, 4) is 5.75 Å². The molecule has 1 saturated heterocycles. The number of hydrogen-bond acceptors (Lipinski definition) is 7. The van der Waals surface area contributed by atoms with Gasteiger partial charge in [0, 0.05) is 50.1 Å². The van der Waals surface area contributed by atoms with Crippen molar-refractivity contribution < 1.29 is 29.3 Å². The molecule has 3 amide bonds. The number of ether oxygens (including phenoxy) is 1. The summed E-state index contributed by atoms with van der Waals surface area (Å²) in [5.74, 6) is -1.63. The van der Waals surface area contributed by atoms with Crippen LogP contribution in [-0.4, -0.2) is 75.8 Å². The molecule has 40 heavy (non-hydrogen) atoms. The Kier molecular flexibility index (Phi) is 9.47. The molecule has 3 aromatic rings. The van der Waals surface area contributed by atoms with Crippen molar-refractivity contribution in [2.24, 2.45) is 0 Å². The number of aromatic nitrogens is 1. The number of aromatic hydroxyl groups is 1. The number of amides is 3. The molecule has 4 rings (SSSR count). The molecule has 1 fully saturated rings. The number of aliphatic hydroxyl groups excluding tert-OH is 1. The molecule has 1 aliphatic heterocycles. The van der Waals surface area contributed by atoms with Gasteiger partial charge in [-0.2, -0.15) is 0 Å². The molecule has 0 saturated carbocycles. The first-order valence-electron chi connectivity index (χ1n) is 13.1. The van der Waals surface area contributed by atoms with Crippen LogP contribution in [0.3, 0.4) is 0 Å². The highest BCUT2D eigenvalue weighted by molar-refractivity contribution is 5.97. The maximum atomic E-state index is 13.7. The van der Waals surface area contributed by atoms with Gasteiger partial charge >= 0.3 is 0 Å². The Morgan fingerprint density at radius 2 is 1.82 bits per heavy atom. The number of phenols is 1. The van der Waals surface area contributed by atoms with E-state index in [1.54, 1.807) is 37.5 Å². The van der Waals surface area contributed by atoms with Crippen LogP contribution in [0.1, 0.15) is 33.5 Å². The summed E-state index contributed by atoms with van der Waals surface area (Å²) in [6, 6.07) is 15.5. The van der Waals surface area contributed by atoms with Crippen LogP contribution in [0.4, 0.5) is 0 Å². The van der Waals surface area contributed by atoms with Crippen LogP contribution in [0, 0.1) is 6.92 Å². The first-order chi connectivity index (χ1) is 19.3. The zero-order chi connectivity index (χ0) is 28.6. The van der Waals surface area contributed by atoms with Crippen molar-refractivity contribution in [1.82, 2.24) is 20.5 Å². The summed E-state index contributed by atoms with van der Waals surface area (Å²) < 4.78 is 5.46. The van der Waals surface area contributed by atoms with E-state index in [2.05, 4.69) is 15.6 Å². The van der Waals surface area contributed by atoms with E-state index in [1.807, 2.05) is 36.4 Å². The minimum atomic E-state index is -1.65. The van der Waals surface area contributed by atoms with E-state index in [0.29, 0.717) is 5.56 Å². The number of likely N-dealkylation sites (tertiary alicyclic amines) is 1. The lowest BCUT2D eigenvalue weighted by Crippen LogP contribution is -2.55. The van der Waals surface area contributed by atoms with E-state index in [0.717, 1.165) is 11.1 Å². The molecule has 2 aromatic carbocycles. The van der Waals surface area contributed by atoms with Crippen molar-refractivity contribution in [2.45, 2.75) is 50.6 Å². The standard InChI is InChI=1S/C30H34N4O6/c1-19-23(11-6-12-26(19)35)28(37)33-24(14-20-8-4-3-5-9-20)27(36)30(39)34-18-22(40-2)15-25(34)29(38)32-17-21-10-7-13-31-16-21/h3-13,16,22,24-25,27,35-36H,14-15,17-18H2,1-2H3,(H,32,38)(H,33,37). The van der Waals surface area contributed by atoms with E-state index >= 15 is 0 Å². The number of nitrogens with one attached hydrogen (secondary N) is 2. The molecule has 10 heteroatoms. The summed E-state index contributed by atoms with van der Waals surface area (Å²) in [5.41, 5.74) is 2.22. The number of rotatable bonds is 10. The van der Waals surface area contributed by atoms with Gasteiger partial charge in [-0.15, -0.1) is 0 Å². The van der Waals surface area contributed by atoms with Crippen LogP contribution in [0.25, 0.3) is 0 Å². The fraction of sp³-hybridized carbons (Fsp3) is 0.333. The third kappa shape index (κ3) is 6.83. The number of aliphatic hydroxyl groups is 1. The van der Waals surface area contributed by atoms with Gasteiger partial charge in [0.15, 0.2) is 6.10 Å². The summed E-state index contributed by atoms with van der Waals surface area (Å²) in [4.78, 5) is 45.4. The fourth-order valence-electron chi connectivity index (χ4n) is 4.84. The molecule has 1 aliphatic rings. The summed E-state index contributed by atoms with van der Waals surface area (Å²) in [5, 5.41) is 27.0. The Morgan fingerprint density at radius 1 is 1.07 bits per heavy atom. The van der Waals surface area contributed by atoms with Crippen molar-refractivity contribution >= 4 is 17.7 Å². The van der Waals surface area contributed by atoms with Crippen LogP contribution < -0.4 is 10.6 Å². The molecule has 4 N–H and O–H groups in total. The molecule has 4 unspecified atom stereocenters. The molecule has 0 bridgehead atoms. The normalized spacial score (nSPS) is 18.1. The van der Waals surface area contributed by atoms with Gasteiger partial charge in [-0.25, -0.2) is 0 Å². The molecular formula is C30H34N4O6. The molecule has 1 aromatic heterocycles. The van der Waals surface area contributed by atoms with Gasteiger partial charge in [0.2, 0.25) is 5.91 Å². The predicted octanol–water partition coefficient (Wildman–Crippen LogP) is 1.73. The number of carbonyl (C=O) groups is 3. The number of benzene rings is 2. The Balaban J connectivity index is 1.54. The molecule has 0 aliphatic carbocycles. The number of nitrogens with zero attached hydrogens (tertiary/aromatic N) is 2. The Bertz CT molecular complexity index is 1320. The average molecular weight is 547 g/mol. The molecule has 4 atom stereocenters. The van der Waals surface area contributed by atoms with Crippen LogP contribution in [-0.2, 0) is 27.3 Å². The fourth-order valence-corrected chi connectivity index (χ4v) is 4.84. The third-order valence-corrected chi connectivity index (χ3v) is 7.17. The summed E-state index contributed by atoms with van der Waals surface area (Å²) in [6.07, 6.45) is 1.68. The summed E-state index contributed by atoms with van der Waals surface area (Å²) in [7, 11) is 1.51. The van der Waals surface area contributed by atoms with Crippen LogP contribution in [0.5, 0.6) is 5.75 Å². The summed E-state index contributed by atoms with van der Waals surface area (Å²) in [6.45, 7) is 1.97. The highest BCUT2D eigenvalue weighted by Crippen LogP contribution is 2.24. The Labute approximate surface area is 233 Å². The lowest BCUT2D eigenvalue weighted by atomic mass is 9.98. The highest BCUT2D eigenvalue weighted by atomic mass is 16.5. The Hall–Kier alpha value is -4.28. The Morgan fingerprint density at radius 3 is 2.52 bits per heavy atom. The first kappa shape index (κ1) is 28.7. The van der Waals surface area contributed by atoms with Crippen LogP contribution in [0.15, 0.2) is 73.1 Å². The molecule has 210 valence electrons. The maximum absolute atomic E-state index is 13.7. The largest absolute Gasteiger partial charge is 0.508 e. The molecular weight excluding hydrogens is 512 g/mol. The van der Waals surface area contributed by atoms with Gasteiger partial charge < -0.3 is 30.5 Å². The van der Waals surface area contributed by atoms with E-state index in [4.69, 9.17) is 4.74 Å². The molecule has 0 spiro atoms. The van der Waals surface area contributed by atoms with Gasteiger partial charge in [-0.1, -0.05) is 42.5 Å². The topological polar surface area (TPSA) is 141 Å². The second-order valence-corrected chi connectivity index (χ2v) is 9.84. The minimum absolute atomic E-state index is 0.0355. The van der Waals surface area contributed by atoms with Gasteiger partial charge in [0.1, 0.15) is 11.8 Å². The number of pyridine rings is 1. The molecule has 0 radical (unpaired) electrons. The molecule has 2 heterocycles. The van der Waals surface area contributed by atoms with Crippen molar-refractivity contribution in [1.29, 1.82) is 0 Å². The lowest BCUT2D eigenvalue weighted by Gasteiger charge is -2.30. The minimum Gasteiger partial charge on any atom is -0.508 e. The summed E-state index contributed by atoms with van der Waals surface area (Å²) >= 11 is 0. The van der Waals surface area contributed by atoms with E-state index < -0.39 is 30.0 Å². The third-order valence-electron chi connectivity index (χ3n) is 7.17. The van der Waals surface area contributed by atoms with Crippen LogP contribution >= 0.6 is 0 Å². The maximum Gasteiger partial charge on any atom is 0.254 e. The smallest absolute Gasteiger partial charge is 0.254 e. The quantitative estimate of drug-likeness (QED) is 0.304. The second-order valence-electron chi connectivity index (χ2n) is 9.84.